The monoisotopic (exact) mass is 461 g/mol. The van der Waals surface area contributed by atoms with Gasteiger partial charge in [-0.05, 0) is 80.3 Å². The summed E-state index contributed by atoms with van der Waals surface area (Å²) in [5.74, 6) is 1.10. The van der Waals surface area contributed by atoms with E-state index in [0.717, 1.165) is 18.9 Å². The van der Waals surface area contributed by atoms with Crippen molar-refractivity contribution in [2.24, 2.45) is 17.6 Å². The van der Waals surface area contributed by atoms with Crippen molar-refractivity contribution in [2.75, 3.05) is 20.1 Å². The summed E-state index contributed by atoms with van der Waals surface area (Å²) < 4.78 is 5.63. The Kier molecular flexibility index (Phi) is 14.0. The second-order valence-corrected chi connectivity index (χ2v) is 9.38. The number of esters is 1. The van der Waals surface area contributed by atoms with Crippen LogP contribution in [0.2, 0.25) is 0 Å². The van der Waals surface area contributed by atoms with Crippen molar-refractivity contribution in [1.82, 2.24) is 10.6 Å². The van der Waals surface area contributed by atoms with Gasteiger partial charge in [0.2, 0.25) is 5.91 Å². The van der Waals surface area contributed by atoms with Crippen LogP contribution >= 0.6 is 0 Å². The van der Waals surface area contributed by atoms with Gasteiger partial charge in [0.15, 0.2) is 0 Å². The fourth-order valence-corrected chi connectivity index (χ4v) is 4.42. The van der Waals surface area contributed by atoms with E-state index in [1.54, 1.807) is 0 Å². The molecule has 3 atom stereocenters. The van der Waals surface area contributed by atoms with E-state index < -0.39 is 12.0 Å². The van der Waals surface area contributed by atoms with Crippen LogP contribution < -0.4 is 21.1 Å². The standard InChI is InChI=1S/C21H30N2O3.C3H9N.C3H8/c1-13(2)20(23-19(24)12-22)21(25)26-16-10-9-15-8-7-14-5-3-4-6-17(14)18(15)11-16;1-3-4-2;1-3-2/h9-11,13-14,17,20H,3-8,12,22H2,1-2H3,(H,23,24);4H,3H2,1-2H3;3H2,1-2H3. The highest BCUT2D eigenvalue weighted by atomic mass is 16.5. The average Bonchev–Trinajstić information content (AvgIpc) is 2.82. The Morgan fingerprint density at radius 1 is 1.12 bits per heavy atom. The minimum Gasteiger partial charge on any atom is -0.425 e. The molecule has 0 heterocycles. The van der Waals surface area contributed by atoms with Gasteiger partial charge < -0.3 is 21.1 Å². The van der Waals surface area contributed by atoms with Gasteiger partial charge in [-0.15, -0.1) is 0 Å². The van der Waals surface area contributed by atoms with Crippen molar-refractivity contribution in [3.05, 3.63) is 29.3 Å². The number of amides is 1. The second-order valence-electron chi connectivity index (χ2n) is 9.38. The quantitative estimate of drug-likeness (QED) is 0.427. The highest BCUT2D eigenvalue weighted by Gasteiger charge is 2.32. The maximum atomic E-state index is 12.6. The summed E-state index contributed by atoms with van der Waals surface area (Å²) in [6, 6.07) is 5.34. The van der Waals surface area contributed by atoms with E-state index in [4.69, 9.17) is 10.5 Å². The zero-order chi connectivity index (χ0) is 24.8. The number of ether oxygens (including phenoxy) is 1. The summed E-state index contributed by atoms with van der Waals surface area (Å²) in [5.41, 5.74) is 8.10. The number of nitrogens with one attached hydrogen (secondary N) is 2. The molecule has 0 spiro atoms. The summed E-state index contributed by atoms with van der Waals surface area (Å²) >= 11 is 0. The van der Waals surface area contributed by atoms with Crippen molar-refractivity contribution >= 4 is 11.9 Å². The third kappa shape index (κ3) is 9.46. The van der Waals surface area contributed by atoms with Gasteiger partial charge in [-0.2, -0.15) is 0 Å². The molecule has 188 valence electrons. The number of benzene rings is 1. The van der Waals surface area contributed by atoms with Gasteiger partial charge in [0.1, 0.15) is 11.8 Å². The van der Waals surface area contributed by atoms with E-state index in [1.165, 1.54) is 49.7 Å². The van der Waals surface area contributed by atoms with Crippen LogP contribution in [0.5, 0.6) is 5.75 Å². The fourth-order valence-electron chi connectivity index (χ4n) is 4.42. The summed E-state index contributed by atoms with van der Waals surface area (Å²) in [6.07, 6.45) is 8.81. The third-order valence-electron chi connectivity index (χ3n) is 6.20. The molecule has 4 N–H and O–H groups in total. The lowest BCUT2D eigenvalue weighted by atomic mass is 9.68. The molecule has 0 saturated heterocycles. The number of hydrogen-bond acceptors (Lipinski definition) is 5. The normalized spacial score (nSPS) is 19.5. The molecule has 2 aliphatic carbocycles. The van der Waals surface area contributed by atoms with Crippen LogP contribution in [0.1, 0.15) is 90.2 Å². The van der Waals surface area contributed by atoms with Crippen molar-refractivity contribution < 1.29 is 14.3 Å². The molecule has 6 heteroatoms. The lowest BCUT2D eigenvalue weighted by molar-refractivity contribution is -0.140. The van der Waals surface area contributed by atoms with E-state index in [9.17, 15) is 9.59 Å². The lowest BCUT2D eigenvalue weighted by Crippen LogP contribution is -2.48. The predicted molar refractivity (Wildman–Crippen MR) is 136 cm³/mol. The second kappa shape index (κ2) is 15.8. The topological polar surface area (TPSA) is 93.5 Å². The number of carbonyl (C=O) groups is 2. The Bertz CT molecular complexity index is 719. The minimum atomic E-state index is -0.690. The van der Waals surface area contributed by atoms with Gasteiger partial charge in [0.25, 0.3) is 0 Å². The van der Waals surface area contributed by atoms with E-state index in [-0.39, 0.29) is 18.4 Å². The molecule has 1 amide bonds. The molecule has 6 nitrogen and oxygen atoms in total. The van der Waals surface area contributed by atoms with Crippen LogP contribution in [0.25, 0.3) is 0 Å². The minimum absolute atomic E-state index is 0.0710. The van der Waals surface area contributed by atoms with Crippen molar-refractivity contribution in [3.63, 3.8) is 0 Å². The molecule has 0 aromatic heterocycles. The summed E-state index contributed by atoms with van der Waals surface area (Å²) in [5, 5.41) is 5.59. The van der Waals surface area contributed by atoms with E-state index in [0.29, 0.717) is 11.7 Å². The molecular weight excluding hydrogens is 414 g/mol. The largest absolute Gasteiger partial charge is 0.425 e. The molecule has 1 aromatic carbocycles. The summed E-state index contributed by atoms with van der Waals surface area (Å²) in [4.78, 5) is 24.2. The molecule has 3 unspecified atom stereocenters. The Labute approximate surface area is 201 Å². The summed E-state index contributed by atoms with van der Waals surface area (Å²) in [6.45, 7) is 11.0. The molecule has 0 radical (unpaired) electrons. The first kappa shape index (κ1) is 29.1. The SMILES string of the molecule is CC(C)C(NC(=O)CN)C(=O)Oc1ccc2c(c1)C1CCCCC1CC2.CCC.CCNC. The Morgan fingerprint density at radius 2 is 1.76 bits per heavy atom. The molecule has 1 saturated carbocycles. The molecule has 1 fully saturated rings. The number of carbonyl (C=O) groups excluding carboxylic acids is 2. The molecule has 0 aliphatic heterocycles. The first-order chi connectivity index (χ1) is 15.8. The van der Waals surface area contributed by atoms with Gasteiger partial charge >= 0.3 is 5.97 Å². The van der Waals surface area contributed by atoms with Gasteiger partial charge in [0, 0.05) is 0 Å². The molecular formula is C27H47N3O3. The van der Waals surface area contributed by atoms with E-state index >= 15 is 0 Å². The van der Waals surface area contributed by atoms with Gasteiger partial charge in [-0.3, -0.25) is 4.79 Å². The molecule has 2 aliphatic rings. The maximum Gasteiger partial charge on any atom is 0.334 e. The number of fused-ring (bicyclic) bond motifs is 3. The highest BCUT2D eigenvalue weighted by Crippen LogP contribution is 2.45. The van der Waals surface area contributed by atoms with Crippen molar-refractivity contribution in [1.29, 1.82) is 0 Å². The number of nitrogens with two attached hydrogens (primary N) is 1. The zero-order valence-electron chi connectivity index (χ0n) is 21.7. The van der Waals surface area contributed by atoms with Crippen LogP contribution in [-0.4, -0.2) is 38.1 Å². The van der Waals surface area contributed by atoms with E-state index in [1.807, 2.05) is 27.0 Å². The van der Waals surface area contributed by atoms with Crippen molar-refractivity contribution in [3.8, 4) is 5.75 Å². The highest BCUT2D eigenvalue weighted by molar-refractivity contribution is 5.86. The van der Waals surface area contributed by atoms with Crippen LogP contribution in [0.15, 0.2) is 18.2 Å². The number of rotatable bonds is 6. The van der Waals surface area contributed by atoms with Crippen LogP contribution in [-0.2, 0) is 16.0 Å². The van der Waals surface area contributed by atoms with Gasteiger partial charge in [-0.25, -0.2) is 4.79 Å². The molecule has 33 heavy (non-hydrogen) atoms. The Morgan fingerprint density at radius 3 is 2.33 bits per heavy atom. The first-order valence-electron chi connectivity index (χ1n) is 12.8. The van der Waals surface area contributed by atoms with Crippen LogP contribution in [0, 0.1) is 11.8 Å². The molecule has 0 bridgehead atoms. The Balaban J connectivity index is 0.000000688. The fraction of sp³-hybridized carbons (Fsp3) is 0.704. The number of hydrogen-bond donors (Lipinski definition) is 3. The zero-order valence-corrected chi connectivity index (χ0v) is 21.7. The van der Waals surface area contributed by atoms with Crippen molar-refractivity contribution in [2.45, 2.75) is 91.5 Å². The number of aryl methyl sites for hydroxylation is 1. The van der Waals surface area contributed by atoms with Crippen LogP contribution in [0.3, 0.4) is 0 Å². The summed E-state index contributed by atoms with van der Waals surface area (Å²) in [7, 11) is 1.93. The average molecular weight is 462 g/mol. The molecule has 3 rings (SSSR count). The lowest BCUT2D eigenvalue weighted by Gasteiger charge is -2.37. The Hall–Kier alpha value is -1.92. The van der Waals surface area contributed by atoms with Crippen LogP contribution in [0.4, 0.5) is 0 Å². The first-order valence-corrected chi connectivity index (χ1v) is 12.8. The molecule has 1 aromatic rings. The maximum absolute atomic E-state index is 12.6. The third-order valence-corrected chi connectivity index (χ3v) is 6.20. The van der Waals surface area contributed by atoms with Gasteiger partial charge in [0.05, 0.1) is 6.54 Å². The van der Waals surface area contributed by atoms with Gasteiger partial charge in [-0.1, -0.05) is 59.9 Å². The predicted octanol–water partition coefficient (Wildman–Crippen LogP) is 4.55. The smallest absolute Gasteiger partial charge is 0.334 e. The van der Waals surface area contributed by atoms with E-state index in [2.05, 4.69) is 43.5 Å².